The van der Waals surface area contributed by atoms with Gasteiger partial charge in [-0.2, -0.15) is 4.98 Å². The van der Waals surface area contributed by atoms with Crippen LogP contribution in [-0.2, 0) is 11.2 Å². The molecule has 1 aromatic rings. The average molecular weight is 197 g/mol. The maximum atomic E-state index is 5.40. The van der Waals surface area contributed by atoms with E-state index in [0.717, 1.165) is 19.4 Å². The Labute approximate surface area is 82.6 Å². The zero-order valence-electron chi connectivity index (χ0n) is 8.11. The van der Waals surface area contributed by atoms with Crippen LogP contribution in [-0.4, -0.2) is 29.9 Å². The van der Waals surface area contributed by atoms with Crippen LogP contribution >= 0.6 is 0 Å². The molecular weight excluding hydrogens is 182 g/mol. The molecule has 1 atom stereocenters. The first kappa shape index (κ1) is 9.61. The van der Waals surface area contributed by atoms with E-state index in [1.54, 1.807) is 0 Å². The highest BCUT2D eigenvalue weighted by Gasteiger charge is 2.21. The van der Waals surface area contributed by atoms with Crippen molar-refractivity contribution in [2.75, 3.05) is 19.8 Å². The molecule has 2 N–H and O–H groups in total. The highest BCUT2D eigenvalue weighted by Crippen LogP contribution is 2.23. The van der Waals surface area contributed by atoms with Crippen LogP contribution in [0.25, 0.3) is 0 Å². The van der Waals surface area contributed by atoms with E-state index in [-0.39, 0.29) is 5.92 Å². The lowest BCUT2D eigenvalue weighted by Crippen LogP contribution is -2.15. The van der Waals surface area contributed by atoms with Gasteiger partial charge in [-0.25, -0.2) is 0 Å². The van der Waals surface area contributed by atoms with E-state index in [9.17, 15) is 0 Å². The average Bonchev–Trinajstić information content (AvgIpc) is 2.68. The van der Waals surface area contributed by atoms with E-state index < -0.39 is 0 Å². The van der Waals surface area contributed by atoms with Gasteiger partial charge in [0, 0.05) is 13.0 Å². The molecule has 1 aromatic heterocycles. The van der Waals surface area contributed by atoms with Crippen molar-refractivity contribution in [1.29, 1.82) is 0 Å². The van der Waals surface area contributed by atoms with Gasteiger partial charge >= 0.3 is 0 Å². The Balaban J connectivity index is 2.00. The standard InChI is InChI=1S/C9H15N3O2/c10-4-3-8-11-9(14-12-8)7-2-1-5-13-6-7/h7H,1-6,10H2. The molecule has 0 saturated carbocycles. The summed E-state index contributed by atoms with van der Waals surface area (Å²) in [5, 5.41) is 3.86. The van der Waals surface area contributed by atoms with Gasteiger partial charge in [-0.1, -0.05) is 5.16 Å². The molecule has 0 bridgehead atoms. The first-order chi connectivity index (χ1) is 6.90. The fourth-order valence-electron chi connectivity index (χ4n) is 1.60. The predicted molar refractivity (Wildman–Crippen MR) is 49.9 cm³/mol. The number of aromatic nitrogens is 2. The fourth-order valence-corrected chi connectivity index (χ4v) is 1.60. The van der Waals surface area contributed by atoms with Gasteiger partial charge in [0.1, 0.15) is 0 Å². The molecule has 5 nitrogen and oxygen atoms in total. The van der Waals surface area contributed by atoms with Crippen LogP contribution in [0.15, 0.2) is 4.52 Å². The first-order valence-corrected chi connectivity index (χ1v) is 5.00. The molecular formula is C9H15N3O2. The SMILES string of the molecule is NCCc1noc(C2CCCOC2)n1. The Kier molecular flexibility index (Phi) is 3.10. The van der Waals surface area contributed by atoms with Crippen LogP contribution in [0.5, 0.6) is 0 Å². The monoisotopic (exact) mass is 197 g/mol. The Morgan fingerprint density at radius 2 is 2.43 bits per heavy atom. The smallest absolute Gasteiger partial charge is 0.232 e. The maximum absolute atomic E-state index is 5.40. The summed E-state index contributed by atoms with van der Waals surface area (Å²) in [4.78, 5) is 4.29. The molecule has 78 valence electrons. The topological polar surface area (TPSA) is 74.2 Å². The molecule has 5 heteroatoms. The highest BCUT2D eigenvalue weighted by molar-refractivity contribution is 4.95. The number of hydrogen-bond donors (Lipinski definition) is 1. The third kappa shape index (κ3) is 2.10. The lowest BCUT2D eigenvalue weighted by molar-refractivity contribution is 0.0705. The first-order valence-electron chi connectivity index (χ1n) is 5.00. The minimum atomic E-state index is 0.280. The number of nitrogens with zero attached hydrogens (tertiary/aromatic N) is 2. The molecule has 1 fully saturated rings. The van der Waals surface area contributed by atoms with E-state index in [1.807, 2.05) is 0 Å². The summed E-state index contributed by atoms with van der Waals surface area (Å²) in [6.07, 6.45) is 2.82. The molecule has 14 heavy (non-hydrogen) atoms. The second kappa shape index (κ2) is 4.52. The minimum Gasteiger partial charge on any atom is -0.381 e. The molecule has 0 spiro atoms. The quantitative estimate of drug-likeness (QED) is 0.762. The van der Waals surface area contributed by atoms with Crippen LogP contribution in [0.2, 0.25) is 0 Å². The Morgan fingerprint density at radius 3 is 3.14 bits per heavy atom. The summed E-state index contributed by atoms with van der Waals surface area (Å²) >= 11 is 0. The molecule has 0 amide bonds. The van der Waals surface area contributed by atoms with Crippen molar-refractivity contribution < 1.29 is 9.26 Å². The molecule has 0 radical (unpaired) electrons. The van der Waals surface area contributed by atoms with Gasteiger partial charge in [-0.05, 0) is 19.4 Å². The second-order valence-corrected chi connectivity index (χ2v) is 3.50. The molecule has 1 aliphatic heterocycles. The summed E-state index contributed by atoms with van der Waals surface area (Å²) < 4.78 is 10.5. The Morgan fingerprint density at radius 1 is 1.50 bits per heavy atom. The zero-order chi connectivity index (χ0) is 9.80. The van der Waals surface area contributed by atoms with Crippen molar-refractivity contribution >= 4 is 0 Å². The third-order valence-electron chi connectivity index (χ3n) is 2.36. The molecule has 0 aromatic carbocycles. The van der Waals surface area contributed by atoms with Gasteiger partial charge in [0.2, 0.25) is 5.89 Å². The zero-order valence-corrected chi connectivity index (χ0v) is 8.11. The van der Waals surface area contributed by atoms with E-state index in [2.05, 4.69) is 10.1 Å². The van der Waals surface area contributed by atoms with Crippen molar-refractivity contribution in [2.24, 2.45) is 5.73 Å². The fraction of sp³-hybridized carbons (Fsp3) is 0.778. The predicted octanol–water partition coefficient (Wildman–Crippen LogP) is 0.465. The minimum absolute atomic E-state index is 0.280. The van der Waals surface area contributed by atoms with Crippen molar-refractivity contribution in [2.45, 2.75) is 25.2 Å². The second-order valence-electron chi connectivity index (χ2n) is 3.50. The van der Waals surface area contributed by atoms with Gasteiger partial charge in [0.15, 0.2) is 5.82 Å². The summed E-state index contributed by atoms with van der Waals surface area (Å²) in [6, 6.07) is 0. The molecule has 2 heterocycles. The summed E-state index contributed by atoms with van der Waals surface area (Å²) in [6.45, 7) is 2.10. The van der Waals surface area contributed by atoms with E-state index in [1.165, 1.54) is 0 Å². The van der Waals surface area contributed by atoms with Crippen LogP contribution in [0.1, 0.15) is 30.5 Å². The lowest BCUT2D eigenvalue weighted by atomic mass is 10.0. The molecule has 1 aliphatic rings. The maximum Gasteiger partial charge on any atom is 0.232 e. The van der Waals surface area contributed by atoms with Crippen LogP contribution in [0, 0.1) is 0 Å². The molecule has 1 unspecified atom stereocenters. The molecule has 2 rings (SSSR count). The third-order valence-corrected chi connectivity index (χ3v) is 2.36. The summed E-state index contributed by atoms with van der Waals surface area (Å²) in [5.74, 6) is 1.68. The largest absolute Gasteiger partial charge is 0.381 e. The van der Waals surface area contributed by atoms with E-state index in [0.29, 0.717) is 31.3 Å². The van der Waals surface area contributed by atoms with E-state index >= 15 is 0 Å². The van der Waals surface area contributed by atoms with Crippen LogP contribution in [0.3, 0.4) is 0 Å². The van der Waals surface area contributed by atoms with Crippen molar-refractivity contribution in [3.05, 3.63) is 11.7 Å². The van der Waals surface area contributed by atoms with Gasteiger partial charge < -0.3 is 15.0 Å². The van der Waals surface area contributed by atoms with Gasteiger partial charge in [0.25, 0.3) is 0 Å². The van der Waals surface area contributed by atoms with Crippen molar-refractivity contribution in [3.8, 4) is 0 Å². The van der Waals surface area contributed by atoms with Gasteiger partial charge in [-0.15, -0.1) is 0 Å². The Bertz CT molecular complexity index is 281. The lowest BCUT2D eigenvalue weighted by Gasteiger charge is -2.17. The molecule has 1 saturated heterocycles. The van der Waals surface area contributed by atoms with Crippen molar-refractivity contribution in [3.63, 3.8) is 0 Å². The number of ether oxygens (including phenoxy) is 1. The summed E-state index contributed by atoms with van der Waals surface area (Å²) in [5.41, 5.74) is 5.40. The molecule has 0 aliphatic carbocycles. The number of rotatable bonds is 3. The Hall–Kier alpha value is -0.940. The highest BCUT2D eigenvalue weighted by atomic mass is 16.5. The normalized spacial score (nSPS) is 22.5. The number of nitrogens with two attached hydrogens (primary N) is 1. The van der Waals surface area contributed by atoms with Crippen molar-refractivity contribution in [1.82, 2.24) is 10.1 Å². The van der Waals surface area contributed by atoms with Crippen LogP contribution < -0.4 is 5.73 Å². The van der Waals surface area contributed by atoms with Gasteiger partial charge in [0.05, 0.1) is 12.5 Å². The summed E-state index contributed by atoms with van der Waals surface area (Å²) in [7, 11) is 0. The van der Waals surface area contributed by atoms with Gasteiger partial charge in [-0.3, -0.25) is 0 Å². The van der Waals surface area contributed by atoms with Crippen LogP contribution in [0.4, 0.5) is 0 Å². The number of hydrogen-bond acceptors (Lipinski definition) is 5. The van der Waals surface area contributed by atoms with E-state index in [4.69, 9.17) is 15.0 Å².